The highest BCUT2D eigenvalue weighted by Gasteiger charge is 2.34. The summed E-state index contributed by atoms with van der Waals surface area (Å²) in [7, 11) is 1.60. The molecule has 0 bridgehead atoms. The lowest BCUT2D eigenvalue weighted by Gasteiger charge is -2.27. The SMILES string of the molecule is COCCN(CC(=O)N(Cc1ccccc1)Cc1ccco1)C(=O)C1CC1. The van der Waals surface area contributed by atoms with Crippen molar-refractivity contribution in [1.29, 1.82) is 0 Å². The van der Waals surface area contributed by atoms with Crippen LogP contribution in [0.2, 0.25) is 0 Å². The van der Waals surface area contributed by atoms with Gasteiger partial charge in [0.05, 0.1) is 26.0 Å². The molecule has 0 N–H and O–H groups in total. The van der Waals surface area contributed by atoms with Gasteiger partial charge in [-0.1, -0.05) is 30.3 Å². The maximum Gasteiger partial charge on any atom is 0.242 e. The molecule has 1 aromatic carbocycles. The van der Waals surface area contributed by atoms with Crippen molar-refractivity contribution in [1.82, 2.24) is 9.80 Å². The van der Waals surface area contributed by atoms with Crippen molar-refractivity contribution in [3.05, 3.63) is 60.1 Å². The van der Waals surface area contributed by atoms with E-state index in [1.165, 1.54) is 0 Å². The first-order valence-electron chi connectivity index (χ1n) is 9.29. The van der Waals surface area contributed by atoms with E-state index in [9.17, 15) is 9.59 Å². The summed E-state index contributed by atoms with van der Waals surface area (Å²) >= 11 is 0. The van der Waals surface area contributed by atoms with Gasteiger partial charge >= 0.3 is 0 Å². The standard InChI is InChI=1S/C21H26N2O4/c1-26-13-11-22(21(25)18-9-10-18)16-20(24)23(15-19-8-5-12-27-19)14-17-6-3-2-4-7-17/h2-8,12,18H,9-11,13-16H2,1H3. The first-order valence-corrected chi connectivity index (χ1v) is 9.29. The minimum Gasteiger partial charge on any atom is -0.467 e. The number of methoxy groups -OCH3 is 1. The number of ether oxygens (including phenoxy) is 1. The van der Waals surface area contributed by atoms with E-state index >= 15 is 0 Å². The predicted molar refractivity (Wildman–Crippen MR) is 101 cm³/mol. The van der Waals surface area contributed by atoms with Crippen molar-refractivity contribution in [3.63, 3.8) is 0 Å². The van der Waals surface area contributed by atoms with Crippen LogP contribution in [0.1, 0.15) is 24.2 Å². The van der Waals surface area contributed by atoms with Gasteiger partial charge in [0, 0.05) is 26.1 Å². The number of furan rings is 1. The molecule has 0 unspecified atom stereocenters. The highest BCUT2D eigenvalue weighted by atomic mass is 16.5. The van der Waals surface area contributed by atoms with Crippen molar-refractivity contribution in [2.45, 2.75) is 25.9 Å². The van der Waals surface area contributed by atoms with Crippen LogP contribution in [-0.4, -0.2) is 48.4 Å². The molecule has 0 saturated heterocycles. The topological polar surface area (TPSA) is 63.0 Å². The molecule has 1 saturated carbocycles. The Hall–Kier alpha value is -2.60. The minimum atomic E-state index is -0.0969. The zero-order valence-electron chi connectivity index (χ0n) is 15.7. The van der Waals surface area contributed by atoms with Crippen LogP contribution in [0.3, 0.4) is 0 Å². The van der Waals surface area contributed by atoms with Crippen molar-refractivity contribution in [2.75, 3.05) is 26.8 Å². The Labute approximate surface area is 159 Å². The van der Waals surface area contributed by atoms with Crippen LogP contribution < -0.4 is 0 Å². The molecule has 0 spiro atoms. The Morgan fingerprint density at radius 3 is 2.48 bits per heavy atom. The van der Waals surface area contributed by atoms with Crippen LogP contribution in [0.4, 0.5) is 0 Å². The van der Waals surface area contributed by atoms with Gasteiger partial charge in [-0.05, 0) is 30.5 Å². The Balaban J connectivity index is 1.70. The molecule has 1 aliphatic carbocycles. The Kier molecular flexibility index (Phi) is 6.65. The summed E-state index contributed by atoms with van der Waals surface area (Å²) in [5.74, 6) is 0.747. The molecule has 0 atom stereocenters. The fourth-order valence-electron chi connectivity index (χ4n) is 2.95. The Morgan fingerprint density at radius 1 is 1.07 bits per heavy atom. The lowest BCUT2D eigenvalue weighted by atomic mass is 10.2. The zero-order valence-corrected chi connectivity index (χ0v) is 15.7. The summed E-state index contributed by atoms with van der Waals surface area (Å²) in [4.78, 5) is 28.9. The van der Waals surface area contributed by atoms with Crippen LogP contribution in [0.5, 0.6) is 0 Å². The number of rotatable bonds is 10. The molecule has 1 heterocycles. The van der Waals surface area contributed by atoms with Crippen molar-refractivity contribution < 1.29 is 18.7 Å². The first kappa shape index (κ1) is 19.2. The third kappa shape index (κ3) is 5.69. The molecule has 6 nitrogen and oxygen atoms in total. The molecule has 6 heteroatoms. The molecule has 1 fully saturated rings. The van der Waals surface area contributed by atoms with E-state index in [2.05, 4.69) is 0 Å². The number of benzene rings is 1. The van der Waals surface area contributed by atoms with Gasteiger partial charge in [0.25, 0.3) is 0 Å². The maximum absolute atomic E-state index is 13.0. The normalized spacial score (nSPS) is 13.4. The molecule has 2 amide bonds. The number of nitrogens with zero attached hydrogens (tertiary/aromatic N) is 2. The zero-order chi connectivity index (χ0) is 19.1. The lowest BCUT2D eigenvalue weighted by Crippen LogP contribution is -2.44. The second-order valence-electron chi connectivity index (χ2n) is 6.84. The largest absolute Gasteiger partial charge is 0.467 e. The van der Waals surface area contributed by atoms with Gasteiger partial charge in [0.1, 0.15) is 5.76 Å². The predicted octanol–water partition coefficient (Wildman–Crippen LogP) is 2.69. The molecule has 1 aliphatic rings. The van der Waals surface area contributed by atoms with E-state index < -0.39 is 0 Å². The quantitative estimate of drug-likeness (QED) is 0.645. The third-order valence-electron chi connectivity index (χ3n) is 4.63. The Bertz CT molecular complexity index is 726. The van der Waals surface area contributed by atoms with Gasteiger partial charge in [0.2, 0.25) is 11.8 Å². The van der Waals surface area contributed by atoms with Gasteiger partial charge < -0.3 is 19.0 Å². The van der Waals surface area contributed by atoms with Gasteiger partial charge in [-0.15, -0.1) is 0 Å². The van der Waals surface area contributed by atoms with Crippen LogP contribution in [-0.2, 0) is 27.4 Å². The van der Waals surface area contributed by atoms with Crippen LogP contribution in [0.25, 0.3) is 0 Å². The molecule has 3 rings (SSSR count). The van der Waals surface area contributed by atoms with Crippen LogP contribution in [0.15, 0.2) is 53.1 Å². The van der Waals surface area contributed by atoms with E-state index in [4.69, 9.17) is 9.15 Å². The van der Waals surface area contributed by atoms with Gasteiger partial charge in [-0.2, -0.15) is 0 Å². The van der Waals surface area contributed by atoms with Crippen molar-refractivity contribution in [3.8, 4) is 0 Å². The number of hydrogen-bond donors (Lipinski definition) is 0. The number of carbonyl (C=O) groups excluding carboxylic acids is 2. The number of carbonyl (C=O) groups is 2. The highest BCUT2D eigenvalue weighted by molar-refractivity contribution is 5.87. The molecule has 2 aromatic rings. The average Bonchev–Trinajstić information content (AvgIpc) is 3.41. The maximum atomic E-state index is 13.0. The average molecular weight is 370 g/mol. The molecular formula is C21H26N2O4. The fourth-order valence-corrected chi connectivity index (χ4v) is 2.95. The van der Waals surface area contributed by atoms with E-state index in [0.717, 1.165) is 24.2 Å². The lowest BCUT2D eigenvalue weighted by molar-refractivity contribution is -0.142. The van der Waals surface area contributed by atoms with E-state index in [-0.39, 0.29) is 24.3 Å². The molecule has 27 heavy (non-hydrogen) atoms. The summed E-state index contributed by atoms with van der Waals surface area (Å²) in [6.45, 7) is 1.75. The van der Waals surface area contributed by atoms with E-state index in [1.54, 1.807) is 23.2 Å². The smallest absolute Gasteiger partial charge is 0.242 e. The highest BCUT2D eigenvalue weighted by Crippen LogP contribution is 2.31. The molecule has 0 aliphatic heterocycles. The van der Waals surface area contributed by atoms with Gasteiger partial charge in [-0.3, -0.25) is 9.59 Å². The van der Waals surface area contributed by atoms with Crippen LogP contribution >= 0.6 is 0 Å². The van der Waals surface area contributed by atoms with Gasteiger partial charge in [-0.25, -0.2) is 0 Å². The summed E-state index contributed by atoms with van der Waals surface area (Å²) in [6.07, 6.45) is 3.43. The third-order valence-corrected chi connectivity index (χ3v) is 4.63. The van der Waals surface area contributed by atoms with E-state index in [0.29, 0.717) is 26.2 Å². The van der Waals surface area contributed by atoms with Crippen LogP contribution in [0, 0.1) is 5.92 Å². The summed E-state index contributed by atoms with van der Waals surface area (Å²) in [5, 5.41) is 0. The van der Waals surface area contributed by atoms with E-state index in [1.807, 2.05) is 42.5 Å². The molecule has 1 aromatic heterocycles. The molecule has 144 valence electrons. The summed E-state index contributed by atoms with van der Waals surface area (Å²) in [6, 6.07) is 13.5. The molecular weight excluding hydrogens is 344 g/mol. The summed E-state index contributed by atoms with van der Waals surface area (Å²) in [5.41, 5.74) is 1.04. The minimum absolute atomic E-state index is 0.0538. The number of amides is 2. The Morgan fingerprint density at radius 2 is 1.85 bits per heavy atom. The second kappa shape index (κ2) is 9.37. The number of hydrogen-bond acceptors (Lipinski definition) is 4. The first-order chi connectivity index (χ1) is 13.2. The molecule has 0 radical (unpaired) electrons. The second-order valence-corrected chi connectivity index (χ2v) is 6.84. The summed E-state index contributed by atoms with van der Waals surface area (Å²) < 4.78 is 10.5. The fraction of sp³-hybridized carbons (Fsp3) is 0.429. The van der Waals surface area contributed by atoms with Gasteiger partial charge in [0.15, 0.2) is 0 Å². The van der Waals surface area contributed by atoms with Crippen molar-refractivity contribution >= 4 is 11.8 Å². The van der Waals surface area contributed by atoms with Crippen molar-refractivity contribution in [2.24, 2.45) is 5.92 Å². The monoisotopic (exact) mass is 370 g/mol.